The van der Waals surface area contributed by atoms with Crippen LogP contribution in [0, 0.1) is 0 Å². The zero-order chi connectivity index (χ0) is 17.5. The van der Waals surface area contributed by atoms with E-state index in [1.165, 1.54) is 5.56 Å². The van der Waals surface area contributed by atoms with Crippen LogP contribution in [0.1, 0.15) is 31.5 Å². The second kappa shape index (κ2) is 9.31. The molecule has 0 aliphatic carbocycles. The van der Waals surface area contributed by atoms with E-state index in [0.29, 0.717) is 12.6 Å². The lowest BCUT2D eigenvalue weighted by Gasteiger charge is -2.27. The topological polar surface area (TPSA) is 62.8 Å². The van der Waals surface area contributed by atoms with Gasteiger partial charge in [-0.1, -0.05) is 0 Å². The molecule has 1 aromatic heterocycles. The smallest absolute Gasteiger partial charge is 0.318 e. The fourth-order valence-electron chi connectivity index (χ4n) is 3.44. The summed E-state index contributed by atoms with van der Waals surface area (Å²) < 4.78 is 11.3. The molecule has 1 fully saturated rings. The van der Waals surface area contributed by atoms with E-state index in [2.05, 4.69) is 33.9 Å². The van der Waals surface area contributed by atoms with Gasteiger partial charge in [0.15, 0.2) is 0 Å². The van der Waals surface area contributed by atoms with Gasteiger partial charge in [-0.2, -0.15) is 9.97 Å². The number of morpholine rings is 1. The van der Waals surface area contributed by atoms with Gasteiger partial charge in [0.05, 0.1) is 25.5 Å². The average molecular weight is 349 g/mol. The Bertz CT molecular complexity index is 545. The number of nitrogens with zero attached hydrogens (tertiary/aromatic N) is 4. The molecular formula is C18H31N5O2. The Balaban J connectivity index is 1.61. The van der Waals surface area contributed by atoms with Gasteiger partial charge >= 0.3 is 6.01 Å². The third kappa shape index (κ3) is 4.80. The van der Waals surface area contributed by atoms with Crippen LogP contribution in [0.5, 0.6) is 6.01 Å². The molecule has 0 spiro atoms. The summed E-state index contributed by atoms with van der Waals surface area (Å²) in [7, 11) is 0. The zero-order valence-corrected chi connectivity index (χ0v) is 15.6. The molecule has 7 nitrogen and oxygen atoms in total. The Hall–Kier alpha value is -1.44. The number of rotatable bonds is 8. The van der Waals surface area contributed by atoms with Gasteiger partial charge in [-0.05, 0) is 33.2 Å². The predicted molar refractivity (Wildman–Crippen MR) is 98.4 cm³/mol. The SMILES string of the molecule is CCN(CC)c1nc(OCCCN2CCOCC2)nc2c1CCNC2. The third-order valence-electron chi connectivity index (χ3n) is 4.91. The fraction of sp³-hybridized carbons (Fsp3) is 0.778. The van der Waals surface area contributed by atoms with Crippen LogP contribution in [-0.2, 0) is 17.7 Å². The minimum atomic E-state index is 0.520. The first-order chi connectivity index (χ1) is 12.3. The maximum Gasteiger partial charge on any atom is 0.318 e. The highest BCUT2D eigenvalue weighted by Crippen LogP contribution is 2.26. The summed E-state index contributed by atoms with van der Waals surface area (Å²) in [5.74, 6) is 1.06. The van der Waals surface area contributed by atoms with E-state index in [4.69, 9.17) is 14.5 Å². The molecule has 0 aromatic carbocycles. The van der Waals surface area contributed by atoms with Crippen molar-refractivity contribution in [3.8, 4) is 6.01 Å². The minimum Gasteiger partial charge on any atom is -0.463 e. The van der Waals surface area contributed by atoms with Crippen LogP contribution in [0.25, 0.3) is 0 Å². The molecule has 3 heterocycles. The van der Waals surface area contributed by atoms with E-state index in [1.807, 2.05) is 0 Å². The maximum atomic E-state index is 5.91. The molecule has 1 saturated heterocycles. The molecule has 0 amide bonds. The van der Waals surface area contributed by atoms with Crippen LogP contribution in [0.15, 0.2) is 0 Å². The molecule has 7 heteroatoms. The summed E-state index contributed by atoms with van der Waals surface area (Å²) in [6.07, 6.45) is 1.97. The first-order valence-corrected chi connectivity index (χ1v) is 9.60. The van der Waals surface area contributed by atoms with E-state index in [0.717, 1.165) is 83.4 Å². The lowest BCUT2D eigenvalue weighted by atomic mass is 10.1. The molecule has 0 bridgehead atoms. The van der Waals surface area contributed by atoms with Crippen molar-refractivity contribution in [1.82, 2.24) is 20.2 Å². The monoisotopic (exact) mass is 349 g/mol. The second-order valence-corrected chi connectivity index (χ2v) is 6.51. The predicted octanol–water partition coefficient (Wildman–Crippen LogP) is 1.07. The van der Waals surface area contributed by atoms with Crippen LogP contribution in [0.3, 0.4) is 0 Å². The number of hydrogen-bond acceptors (Lipinski definition) is 7. The first kappa shape index (κ1) is 18.4. The van der Waals surface area contributed by atoms with Gasteiger partial charge in [-0.15, -0.1) is 0 Å². The van der Waals surface area contributed by atoms with Crippen LogP contribution >= 0.6 is 0 Å². The van der Waals surface area contributed by atoms with Gasteiger partial charge in [-0.3, -0.25) is 4.90 Å². The highest BCUT2D eigenvalue weighted by Gasteiger charge is 2.21. The van der Waals surface area contributed by atoms with Gasteiger partial charge < -0.3 is 19.7 Å². The van der Waals surface area contributed by atoms with Crippen molar-refractivity contribution in [2.24, 2.45) is 0 Å². The maximum absolute atomic E-state index is 5.91. The van der Waals surface area contributed by atoms with Gasteiger partial charge in [0.1, 0.15) is 5.82 Å². The van der Waals surface area contributed by atoms with Gasteiger partial charge in [0.2, 0.25) is 0 Å². The molecule has 3 rings (SSSR count). The Morgan fingerprint density at radius 3 is 2.76 bits per heavy atom. The van der Waals surface area contributed by atoms with Crippen molar-refractivity contribution in [1.29, 1.82) is 0 Å². The Morgan fingerprint density at radius 1 is 1.20 bits per heavy atom. The number of aromatic nitrogens is 2. The highest BCUT2D eigenvalue weighted by molar-refractivity contribution is 5.51. The largest absolute Gasteiger partial charge is 0.463 e. The van der Waals surface area contributed by atoms with Crippen molar-refractivity contribution in [3.63, 3.8) is 0 Å². The normalized spacial score (nSPS) is 18.0. The molecule has 0 saturated carbocycles. The lowest BCUT2D eigenvalue weighted by molar-refractivity contribution is 0.0356. The van der Waals surface area contributed by atoms with Crippen molar-refractivity contribution in [2.75, 3.05) is 64.0 Å². The molecule has 1 aromatic rings. The molecule has 140 valence electrons. The number of hydrogen-bond donors (Lipinski definition) is 1. The summed E-state index contributed by atoms with van der Waals surface area (Å²) >= 11 is 0. The van der Waals surface area contributed by atoms with Crippen molar-refractivity contribution < 1.29 is 9.47 Å². The Morgan fingerprint density at radius 2 is 2.00 bits per heavy atom. The second-order valence-electron chi connectivity index (χ2n) is 6.51. The van der Waals surface area contributed by atoms with E-state index < -0.39 is 0 Å². The van der Waals surface area contributed by atoms with Gasteiger partial charge in [0.25, 0.3) is 0 Å². The quantitative estimate of drug-likeness (QED) is 0.704. The Kier molecular flexibility index (Phi) is 6.84. The Labute approximate surface area is 150 Å². The van der Waals surface area contributed by atoms with Crippen LogP contribution < -0.4 is 15.0 Å². The van der Waals surface area contributed by atoms with Crippen molar-refractivity contribution >= 4 is 5.82 Å². The third-order valence-corrected chi connectivity index (χ3v) is 4.91. The van der Waals surface area contributed by atoms with Crippen molar-refractivity contribution in [2.45, 2.75) is 33.2 Å². The van der Waals surface area contributed by atoms with Crippen LogP contribution in [0.2, 0.25) is 0 Å². The average Bonchev–Trinajstić information content (AvgIpc) is 2.67. The molecule has 0 radical (unpaired) electrons. The van der Waals surface area contributed by atoms with Crippen LogP contribution in [-0.4, -0.2) is 74.0 Å². The molecule has 0 unspecified atom stereocenters. The first-order valence-electron chi connectivity index (χ1n) is 9.60. The van der Waals surface area contributed by atoms with Gasteiger partial charge in [-0.25, -0.2) is 0 Å². The van der Waals surface area contributed by atoms with E-state index >= 15 is 0 Å². The zero-order valence-electron chi connectivity index (χ0n) is 15.6. The summed E-state index contributed by atoms with van der Waals surface area (Å²) in [4.78, 5) is 14.1. The van der Waals surface area contributed by atoms with Gasteiger partial charge in [0, 0.05) is 44.8 Å². The molecule has 0 atom stereocenters. The summed E-state index contributed by atoms with van der Waals surface area (Å²) in [6.45, 7) is 13.4. The summed E-state index contributed by atoms with van der Waals surface area (Å²) in [5.41, 5.74) is 2.37. The highest BCUT2D eigenvalue weighted by atomic mass is 16.5. The molecule has 2 aliphatic rings. The standard InChI is InChI=1S/C18H31N5O2/c1-3-23(4-2)17-15-6-7-19-14-16(15)20-18(21-17)25-11-5-8-22-9-12-24-13-10-22/h19H,3-14H2,1-2H3. The van der Waals surface area contributed by atoms with Crippen molar-refractivity contribution in [3.05, 3.63) is 11.3 Å². The number of fused-ring (bicyclic) bond motifs is 1. The minimum absolute atomic E-state index is 0.520. The number of ether oxygens (including phenoxy) is 2. The number of anilines is 1. The molecular weight excluding hydrogens is 318 g/mol. The number of nitrogens with one attached hydrogen (secondary N) is 1. The van der Waals surface area contributed by atoms with Crippen LogP contribution in [0.4, 0.5) is 5.82 Å². The van der Waals surface area contributed by atoms with E-state index in [9.17, 15) is 0 Å². The summed E-state index contributed by atoms with van der Waals surface area (Å²) in [6, 6.07) is 0.520. The molecule has 1 N–H and O–H groups in total. The lowest BCUT2D eigenvalue weighted by Crippen LogP contribution is -2.37. The molecule has 2 aliphatic heterocycles. The molecule has 25 heavy (non-hydrogen) atoms. The summed E-state index contributed by atoms with van der Waals surface area (Å²) in [5, 5.41) is 3.40. The van der Waals surface area contributed by atoms with E-state index in [-0.39, 0.29) is 0 Å². The fourth-order valence-corrected chi connectivity index (χ4v) is 3.44. The van der Waals surface area contributed by atoms with E-state index in [1.54, 1.807) is 0 Å².